The Hall–Kier alpha value is 3.19. The van der Waals surface area contributed by atoms with Gasteiger partial charge >= 0.3 is 110 Å². The van der Waals surface area contributed by atoms with Gasteiger partial charge in [-0.15, -0.1) is 0 Å². The molecule has 0 N–H and O–H groups in total. The van der Waals surface area contributed by atoms with Crippen molar-refractivity contribution in [2.75, 3.05) is 0 Å². The maximum atomic E-state index is 8.52. The molecule has 0 rings (SSSR count). The zero-order chi connectivity index (χ0) is 13.5. The molecule has 0 aliphatic heterocycles. The number of rotatable bonds is 0. The Bertz CT molecular complexity index is 365. The van der Waals surface area contributed by atoms with Gasteiger partial charge in [0.1, 0.15) is 0 Å². The molecule has 0 saturated heterocycles. The van der Waals surface area contributed by atoms with Crippen LogP contribution in [0.25, 0.3) is 0 Å². The van der Waals surface area contributed by atoms with E-state index in [0.717, 1.165) is 0 Å². The molecule has 0 aromatic carbocycles. The molecule has 104 valence electrons. The Kier molecular flexibility index (Phi) is 43.7. The van der Waals surface area contributed by atoms with Crippen molar-refractivity contribution in [3.05, 3.63) is 0 Å². The van der Waals surface area contributed by atoms with Gasteiger partial charge in [0.2, 0.25) is 0 Å². The standard InChI is InChI=1S/2Al.2Ca.3H2O4S.4H/c;;;;3*1-5(2,3)4;;;;/h;;;;3*(H2,1,2,3,4);;;;/q2*+3;2*+2;;;;4*-1/p-6. The van der Waals surface area contributed by atoms with Gasteiger partial charge in [-0.05, 0) is 0 Å². The van der Waals surface area contributed by atoms with Crippen LogP contribution in [0.5, 0.6) is 0 Å². The van der Waals surface area contributed by atoms with Crippen molar-refractivity contribution >= 4 is 141 Å². The van der Waals surface area contributed by atoms with Crippen LogP contribution in [0.2, 0.25) is 0 Å². The van der Waals surface area contributed by atoms with Crippen molar-refractivity contribution in [2.24, 2.45) is 0 Å². The van der Waals surface area contributed by atoms with Crippen LogP contribution in [-0.4, -0.2) is 163 Å². The van der Waals surface area contributed by atoms with E-state index >= 15 is 0 Å². The second-order valence-electron chi connectivity index (χ2n) is 1.22. The quantitative estimate of drug-likeness (QED) is 0.201. The fourth-order valence-electron chi connectivity index (χ4n) is 0. The van der Waals surface area contributed by atoms with Gasteiger partial charge in [-0.25, -0.2) is 0 Å². The average Bonchev–Trinajstić information content (AvgIpc) is 1.41. The van der Waals surface area contributed by atoms with E-state index in [1.165, 1.54) is 0 Å². The van der Waals surface area contributed by atoms with E-state index in [-0.39, 0.29) is 116 Å². The summed E-state index contributed by atoms with van der Waals surface area (Å²) >= 11 is 0. The van der Waals surface area contributed by atoms with Crippen LogP contribution in [-0.2, 0) is 31.2 Å². The monoisotopic (exact) mass is 426 g/mol. The maximum absolute atomic E-state index is 8.52. The zero-order valence-corrected chi connectivity index (χ0v) is 17.9. The van der Waals surface area contributed by atoms with E-state index in [4.69, 9.17) is 52.6 Å². The van der Waals surface area contributed by atoms with Crippen molar-refractivity contribution in [1.82, 2.24) is 0 Å². The molecule has 0 aromatic heterocycles. The normalized spacial score (nSPS) is 9.16. The van der Waals surface area contributed by atoms with E-state index in [9.17, 15) is 0 Å². The first-order chi connectivity index (χ1) is 6.00. The molecule has 0 bridgehead atoms. The Balaban J connectivity index is -0.00000000889. The third-order valence-electron chi connectivity index (χ3n) is 0. The van der Waals surface area contributed by atoms with Gasteiger partial charge in [0.05, 0.1) is 0 Å². The van der Waals surface area contributed by atoms with Crippen molar-refractivity contribution in [1.29, 1.82) is 0 Å². The van der Waals surface area contributed by atoms with Gasteiger partial charge in [0, 0.05) is 31.2 Å². The molecule has 0 fully saturated rings. The third-order valence-corrected chi connectivity index (χ3v) is 0. The summed E-state index contributed by atoms with van der Waals surface area (Å²) in [5, 5.41) is 0. The number of hydrogen-bond acceptors (Lipinski definition) is 12. The molecule has 0 spiro atoms. The summed E-state index contributed by atoms with van der Waals surface area (Å²) in [4.78, 5) is 0. The molecule has 0 atom stereocenters. The minimum atomic E-state index is -5.17. The first kappa shape index (κ1) is 43.2. The van der Waals surface area contributed by atoms with E-state index in [0.29, 0.717) is 0 Å². The Morgan fingerprint density at radius 3 is 0.474 bits per heavy atom. The van der Waals surface area contributed by atoms with Gasteiger partial charge in [-0.1, -0.05) is 0 Å². The molecule has 0 unspecified atom stereocenters. The molecule has 0 radical (unpaired) electrons. The fraction of sp³-hybridized carbons (Fsp3) is 0. The maximum Gasteiger partial charge on any atom is 3.00 e. The van der Waals surface area contributed by atoms with Crippen LogP contribution in [0, 0.1) is 0 Å². The van der Waals surface area contributed by atoms with Gasteiger partial charge in [-0.2, -0.15) is 0 Å². The van der Waals surface area contributed by atoms with Crippen molar-refractivity contribution < 1.29 is 58.3 Å². The fourth-order valence-corrected chi connectivity index (χ4v) is 0. The first-order valence-corrected chi connectivity index (χ1v) is 6.00. The van der Waals surface area contributed by atoms with Crippen LogP contribution >= 0.6 is 0 Å². The molecular formula is H4Al2Ca2O12S3. The van der Waals surface area contributed by atoms with E-state index < -0.39 is 31.2 Å². The largest absolute Gasteiger partial charge is 3.00 e. The molecule has 0 aliphatic rings. The molecule has 0 saturated carbocycles. The predicted octanol–water partition coefficient (Wildman–Crippen LogP) is -5.09. The molecule has 19 heteroatoms. The summed E-state index contributed by atoms with van der Waals surface area (Å²) in [6, 6.07) is 0. The molecule has 0 heterocycles. The molecule has 0 amide bonds. The SMILES string of the molecule is O=S(=O)([O-])[O-].O=S(=O)([O-])[O-].O=S(=O)([O-])[O-].[Al+3].[Al+3].[Ca+2].[Ca+2].[H-].[H-].[H-].[H-]. The summed E-state index contributed by atoms with van der Waals surface area (Å²) in [5.74, 6) is 0. The second-order valence-corrected chi connectivity index (χ2v) is 3.67. The summed E-state index contributed by atoms with van der Waals surface area (Å²) < 4.78 is 102. The Labute approximate surface area is 196 Å². The van der Waals surface area contributed by atoms with E-state index in [1.54, 1.807) is 0 Å². The minimum Gasteiger partial charge on any atom is -1.00 e. The molecule has 19 heavy (non-hydrogen) atoms. The van der Waals surface area contributed by atoms with Gasteiger partial charge in [-0.3, -0.25) is 25.3 Å². The van der Waals surface area contributed by atoms with Gasteiger partial charge in [0.15, 0.2) is 0 Å². The predicted molar refractivity (Wildman–Crippen MR) is 58.9 cm³/mol. The Morgan fingerprint density at radius 1 is 0.474 bits per heavy atom. The average molecular weight is 426 g/mol. The van der Waals surface area contributed by atoms with Crippen molar-refractivity contribution in [2.45, 2.75) is 0 Å². The third kappa shape index (κ3) is 765. The summed E-state index contributed by atoms with van der Waals surface area (Å²) in [5.41, 5.74) is 0. The van der Waals surface area contributed by atoms with E-state index in [2.05, 4.69) is 0 Å². The second kappa shape index (κ2) is 19.2. The van der Waals surface area contributed by atoms with Crippen molar-refractivity contribution in [3.8, 4) is 0 Å². The number of hydrogen-bond donors (Lipinski definition) is 0. The molecular weight excluding hydrogens is 422 g/mol. The molecule has 12 nitrogen and oxygen atoms in total. The summed E-state index contributed by atoms with van der Waals surface area (Å²) in [6.07, 6.45) is 0. The zero-order valence-electron chi connectivity index (χ0n) is 12.7. The summed E-state index contributed by atoms with van der Waals surface area (Å²) in [7, 11) is -15.5. The van der Waals surface area contributed by atoms with Crippen LogP contribution in [0.1, 0.15) is 5.71 Å². The smallest absolute Gasteiger partial charge is 1.00 e. The first-order valence-electron chi connectivity index (χ1n) is 2.00. The van der Waals surface area contributed by atoms with Gasteiger partial charge in [0.25, 0.3) is 0 Å². The van der Waals surface area contributed by atoms with Crippen molar-refractivity contribution in [3.63, 3.8) is 0 Å². The van der Waals surface area contributed by atoms with Crippen LogP contribution < -0.4 is 0 Å². The Morgan fingerprint density at radius 2 is 0.474 bits per heavy atom. The van der Waals surface area contributed by atoms with Crippen LogP contribution in [0.3, 0.4) is 0 Å². The van der Waals surface area contributed by atoms with Crippen LogP contribution in [0.15, 0.2) is 0 Å². The minimum absolute atomic E-state index is 0. The summed E-state index contributed by atoms with van der Waals surface area (Å²) in [6.45, 7) is 0. The van der Waals surface area contributed by atoms with Gasteiger partial charge < -0.3 is 33.0 Å². The topological polar surface area (TPSA) is 241 Å². The molecule has 0 aliphatic carbocycles. The molecule has 0 aromatic rings. The van der Waals surface area contributed by atoms with Crippen LogP contribution in [0.4, 0.5) is 0 Å². The van der Waals surface area contributed by atoms with E-state index in [1.807, 2.05) is 0 Å².